The third-order valence-corrected chi connectivity index (χ3v) is 6.22. The highest BCUT2D eigenvalue weighted by Gasteiger charge is 2.35. The van der Waals surface area contributed by atoms with E-state index < -0.39 is 5.60 Å². The molecule has 1 atom stereocenters. The van der Waals surface area contributed by atoms with Gasteiger partial charge in [-0.15, -0.1) is 0 Å². The van der Waals surface area contributed by atoms with Gasteiger partial charge in [-0.25, -0.2) is 0 Å². The molecule has 162 valence electrons. The largest absolute Gasteiger partial charge is 0.388 e. The fraction of sp³-hybridized carbons (Fsp3) is 0.762. The molecule has 0 saturated carbocycles. The maximum Gasteiger partial charge on any atom is 0.274 e. The number of likely N-dealkylation sites (tertiary alicyclic amines) is 2. The molecule has 2 aliphatic heterocycles. The molecule has 2 N–H and O–H groups in total. The van der Waals surface area contributed by atoms with Gasteiger partial charge in [0.25, 0.3) is 5.91 Å². The monoisotopic (exact) mass is 405 g/mol. The van der Waals surface area contributed by atoms with Gasteiger partial charge in [0.1, 0.15) is 0 Å². The average molecular weight is 406 g/mol. The van der Waals surface area contributed by atoms with Crippen LogP contribution in [0.15, 0.2) is 6.07 Å². The van der Waals surface area contributed by atoms with Crippen molar-refractivity contribution in [2.75, 3.05) is 32.7 Å². The molecule has 0 unspecified atom stereocenters. The average Bonchev–Trinajstić information content (AvgIpc) is 2.95. The van der Waals surface area contributed by atoms with Gasteiger partial charge in [-0.05, 0) is 52.0 Å². The van der Waals surface area contributed by atoms with Crippen molar-refractivity contribution in [3.63, 3.8) is 0 Å². The van der Waals surface area contributed by atoms with Crippen molar-refractivity contribution in [3.05, 3.63) is 17.5 Å². The predicted molar refractivity (Wildman–Crippen MR) is 111 cm³/mol. The molecule has 0 radical (unpaired) electrons. The number of carbonyl (C=O) groups excluding carboxylic acids is 2. The predicted octanol–water partition coefficient (Wildman–Crippen LogP) is 1.17. The van der Waals surface area contributed by atoms with Crippen molar-refractivity contribution in [3.8, 4) is 0 Å². The van der Waals surface area contributed by atoms with Gasteiger partial charge in [0.2, 0.25) is 5.91 Å². The molecule has 2 aliphatic rings. The van der Waals surface area contributed by atoms with Gasteiger partial charge >= 0.3 is 0 Å². The first kappa shape index (κ1) is 21.8. The lowest BCUT2D eigenvalue weighted by Gasteiger charge is -2.38. The maximum atomic E-state index is 12.9. The number of amides is 2. The molecule has 1 aromatic heterocycles. The summed E-state index contributed by atoms with van der Waals surface area (Å²) in [5, 5.41) is 18.6. The van der Waals surface area contributed by atoms with Crippen molar-refractivity contribution >= 4 is 11.8 Å². The molecule has 8 nitrogen and oxygen atoms in total. The van der Waals surface area contributed by atoms with Crippen LogP contribution >= 0.6 is 0 Å². The second-order valence-electron chi connectivity index (χ2n) is 8.61. The number of aryl methyl sites for hydroxylation is 2. The molecule has 3 rings (SSSR count). The molecular weight excluding hydrogens is 370 g/mol. The summed E-state index contributed by atoms with van der Waals surface area (Å²) < 4.78 is 1.84. The van der Waals surface area contributed by atoms with Crippen molar-refractivity contribution in [1.29, 1.82) is 0 Å². The van der Waals surface area contributed by atoms with Crippen LogP contribution in [0.4, 0.5) is 0 Å². The summed E-state index contributed by atoms with van der Waals surface area (Å²) in [7, 11) is 0. The Balaban J connectivity index is 1.53. The lowest BCUT2D eigenvalue weighted by atomic mass is 9.93. The summed E-state index contributed by atoms with van der Waals surface area (Å²) in [6.45, 7) is 9.88. The summed E-state index contributed by atoms with van der Waals surface area (Å²) in [6.07, 6.45) is 3.90. The Morgan fingerprint density at radius 1 is 1.24 bits per heavy atom. The molecule has 8 heteroatoms. The zero-order valence-corrected chi connectivity index (χ0v) is 18.0. The number of β-amino-alcohol motifs (C(OH)–C–C–N with tert-alkyl or cyclic N) is 1. The molecule has 0 aromatic carbocycles. The third-order valence-electron chi connectivity index (χ3n) is 6.22. The van der Waals surface area contributed by atoms with Crippen LogP contribution in [0.25, 0.3) is 0 Å². The van der Waals surface area contributed by atoms with Crippen LogP contribution < -0.4 is 5.32 Å². The standard InChI is InChI=1S/C21H35N5O3/c1-4-26-16(2)14-19(23-26)20(28)25-10-5-8-21(29,9-13-25)15-24-11-6-18(7-12-24)22-17(3)27/h14,18,29H,4-13,15H2,1-3H3,(H,22,27)/t21-/m1/s1. The molecule has 0 spiro atoms. The number of nitrogens with zero attached hydrogens (tertiary/aromatic N) is 4. The van der Waals surface area contributed by atoms with Crippen molar-refractivity contribution in [2.24, 2.45) is 0 Å². The second-order valence-corrected chi connectivity index (χ2v) is 8.61. The van der Waals surface area contributed by atoms with Crippen LogP contribution in [0.2, 0.25) is 0 Å². The number of aliphatic hydroxyl groups is 1. The minimum atomic E-state index is -0.769. The van der Waals surface area contributed by atoms with Crippen LogP contribution in [-0.2, 0) is 11.3 Å². The Morgan fingerprint density at radius 2 is 1.97 bits per heavy atom. The number of carbonyl (C=O) groups is 2. The Kier molecular flexibility index (Phi) is 6.95. The summed E-state index contributed by atoms with van der Waals surface area (Å²) in [5.41, 5.74) is 0.717. The quantitative estimate of drug-likeness (QED) is 0.767. The Bertz CT molecular complexity index is 726. The molecule has 1 aromatic rings. The van der Waals surface area contributed by atoms with Gasteiger partial charge in [0.15, 0.2) is 5.69 Å². The highest BCUT2D eigenvalue weighted by Crippen LogP contribution is 2.26. The first-order chi connectivity index (χ1) is 13.8. The zero-order chi connectivity index (χ0) is 21.0. The number of aromatic nitrogens is 2. The summed E-state index contributed by atoms with van der Waals surface area (Å²) in [6, 6.07) is 2.09. The zero-order valence-electron chi connectivity index (χ0n) is 18.0. The summed E-state index contributed by atoms with van der Waals surface area (Å²) >= 11 is 0. The molecule has 29 heavy (non-hydrogen) atoms. The molecule has 2 fully saturated rings. The van der Waals surface area contributed by atoms with Crippen molar-refractivity contribution < 1.29 is 14.7 Å². The third kappa shape index (κ3) is 5.57. The molecule has 2 amide bonds. The van der Waals surface area contributed by atoms with Gasteiger partial charge in [-0.1, -0.05) is 0 Å². The summed E-state index contributed by atoms with van der Waals surface area (Å²) in [4.78, 5) is 28.2. The molecule has 0 bridgehead atoms. The van der Waals surface area contributed by atoms with Gasteiger partial charge in [-0.3, -0.25) is 14.3 Å². The van der Waals surface area contributed by atoms with Gasteiger partial charge < -0.3 is 20.2 Å². The van der Waals surface area contributed by atoms with Crippen LogP contribution in [0.5, 0.6) is 0 Å². The Morgan fingerprint density at radius 3 is 2.59 bits per heavy atom. The normalized spacial score (nSPS) is 24.3. The van der Waals surface area contributed by atoms with E-state index in [2.05, 4.69) is 15.3 Å². The minimum absolute atomic E-state index is 0.0227. The minimum Gasteiger partial charge on any atom is -0.388 e. The van der Waals surface area contributed by atoms with E-state index in [1.165, 1.54) is 0 Å². The fourth-order valence-corrected chi connectivity index (χ4v) is 4.58. The lowest BCUT2D eigenvalue weighted by Crippen LogP contribution is -2.50. The van der Waals surface area contributed by atoms with Gasteiger partial charge in [0, 0.05) is 57.9 Å². The highest BCUT2D eigenvalue weighted by atomic mass is 16.3. The number of nitrogens with one attached hydrogen (secondary N) is 1. The van der Waals surface area contributed by atoms with E-state index in [1.807, 2.05) is 29.5 Å². The lowest BCUT2D eigenvalue weighted by molar-refractivity contribution is -0.120. The van der Waals surface area contributed by atoms with E-state index in [-0.39, 0.29) is 17.9 Å². The SMILES string of the molecule is CCn1nc(C(=O)N2CCC[C@](O)(CN3CCC(NC(C)=O)CC3)CC2)cc1C. The molecule has 2 saturated heterocycles. The molecule has 3 heterocycles. The number of hydrogen-bond donors (Lipinski definition) is 2. The van der Waals surface area contributed by atoms with Crippen LogP contribution in [0.3, 0.4) is 0 Å². The number of hydrogen-bond acceptors (Lipinski definition) is 5. The topological polar surface area (TPSA) is 90.7 Å². The maximum absolute atomic E-state index is 12.9. The number of piperidine rings is 1. The second kappa shape index (κ2) is 9.26. The van der Waals surface area contributed by atoms with Crippen LogP contribution in [0.1, 0.15) is 62.1 Å². The smallest absolute Gasteiger partial charge is 0.274 e. The molecular formula is C21H35N5O3. The van der Waals surface area contributed by atoms with Crippen molar-refractivity contribution in [1.82, 2.24) is 24.9 Å². The first-order valence-electron chi connectivity index (χ1n) is 10.9. The highest BCUT2D eigenvalue weighted by molar-refractivity contribution is 5.92. The van der Waals surface area contributed by atoms with Crippen molar-refractivity contribution in [2.45, 2.75) is 71.1 Å². The van der Waals surface area contributed by atoms with Gasteiger partial charge in [-0.2, -0.15) is 5.10 Å². The fourth-order valence-electron chi connectivity index (χ4n) is 4.58. The number of rotatable bonds is 5. The Labute approximate surface area is 173 Å². The molecule has 0 aliphatic carbocycles. The van der Waals surface area contributed by atoms with E-state index >= 15 is 0 Å². The van der Waals surface area contributed by atoms with E-state index in [9.17, 15) is 14.7 Å². The van der Waals surface area contributed by atoms with E-state index in [1.54, 1.807) is 6.92 Å². The van der Waals surface area contributed by atoms with Crippen LogP contribution in [0, 0.1) is 6.92 Å². The van der Waals surface area contributed by atoms with Crippen LogP contribution in [-0.4, -0.2) is 80.9 Å². The Hall–Kier alpha value is -1.93. The van der Waals surface area contributed by atoms with E-state index in [0.29, 0.717) is 38.2 Å². The first-order valence-corrected chi connectivity index (χ1v) is 10.9. The van der Waals surface area contributed by atoms with Gasteiger partial charge in [0.05, 0.1) is 5.60 Å². The van der Waals surface area contributed by atoms with E-state index in [0.717, 1.165) is 44.6 Å². The van der Waals surface area contributed by atoms with E-state index in [4.69, 9.17) is 0 Å². The summed E-state index contributed by atoms with van der Waals surface area (Å²) in [5.74, 6) is -0.0183.